The Morgan fingerprint density at radius 3 is 2.33 bits per heavy atom. The fraction of sp³-hybridized carbons (Fsp3) is 0.600. The highest BCUT2D eigenvalue weighted by molar-refractivity contribution is 9.10. The molecule has 120 valence electrons. The second-order valence-electron chi connectivity index (χ2n) is 5.83. The van der Waals surface area contributed by atoms with Gasteiger partial charge in [0.25, 0.3) is 0 Å². The molecule has 0 amide bonds. The number of benzene rings is 1. The maximum atomic E-state index is 12.9. The van der Waals surface area contributed by atoms with E-state index < -0.39 is 10.0 Å². The van der Waals surface area contributed by atoms with Crippen LogP contribution >= 0.6 is 27.5 Å². The van der Waals surface area contributed by atoms with Gasteiger partial charge in [0.1, 0.15) is 0 Å². The van der Waals surface area contributed by atoms with E-state index in [1.165, 1.54) is 4.31 Å². The van der Waals surface area contributed by atoms with Gasteiger partial charge in [-0.05, 0) is 49.4 Å². The molecule has 1 aromatic rings. The van der Waals surface area contributed by atoms with Crippen LogP contribution in [0.5, 0.6) is 0 Å². The van der Waals surface area contributed by atoms with E-state index in [-0.39, 0.29) is 11.9 Å². The quantitative estimate of drug-likeness (QED) is 0.661. The molecule has 3 nitrogen and oxygen atoms in total. The first-order valence-electron chi connectivity index (χ1n) is 6.94. The molecule has 0 bridgehead atoms. The predicted molar refractivity (Wildman–Crippen MR) is 92.3 cm³/mol. The van der Waals surface area contributed by atoms with Crippen LogP contribution in [0.2, 0.25) is 0 Å². The van der Waals surface area contributed by atoms with Crippen LogP contribution in [0.4, 0.5) is 0 Å². The first kappa shape index (κ1) is 18.9. The van der Waals surface area contributed by atoms with Crippen LogP contribution in [-0.4, -0.2) is 25.8 Å². The molecule has 0 aliphatic heterocycles. The maximum absolute atomic E-state index is 12.9. The molecule has 0 saturated heterocycles. The van der Waals surface area contributed by atoms with Crippen molar-refractivity contribution in [2.24, 2.45) is 5.92 Å². The summed E-state index contributed by atoms with van der Waals surface area (Å²) in [5, 5.41) is 0. The van der Waals surface area contributed by atoms with Crippen molar-refractivity contribution in [1.29, 1.82) is 0 Å². The molecule has 1 aromatic carbocycles. The molecule has 21 heavy (non-hydrogen) atoms. The first-order chi connectivity index (χ1) is 9.61. The number of rotatable bonds is 6. The third-order valence-electron chi connectivity index (χ3n) is 3.60. The fourth-order valence-corrected chi connectivity index (χ4v) is 4.74. The van der Waals surface area contributed by atoms with Crippen LogP contribution in [0.1, 0.15) is 38.3 Å². The van der Waals surface area contributed by atoms with Crippen molar-refractivity contribution in [2.45, 2.75) is 50.9 Å². The Kier molecular flexibility index (Phi) is 6.72. The van der Waals surface area contributed by atoms with Crippen molar-refractivity contribution >= 4 is 37.6 Å². The van der Waals surface area contributed by atoms with Crippen molar-refractivity contribution in [3.63, 3.8) is 0 Å². The fourth-order valence-electron chi connectivity index (χ4n) is 2.27. The third kappa shape index (κ3) is 4.44. The zero-order valence-electron chi connectivity index (χ0n) is 13.2. The Morgan fingerprint density at radius 1 is 1.29 bits per heavy atom. The van der Waals surface area contributed by atoms with Crippen LogP contribution < -0.4 is 0 Å². The predicted octanol–water partition coefficient (Wildman–Crippen LogP) is 4.55. The van der Waals surface area contributed by atoms with Gasteiger partial charge in [-0.25, -0.2) is 8.42 Å². The minimum atomic E-state index is -3.52. The highest BCUT2D eigenvalue weighted by atomic mass is 79.9. The molecule has 1 rings (SSSR count). The van der Waals surface area contributed by atoms with E-state index in [4.69, 9.17) is 11.6 Å². The van der Waals surface area contributed by atoms with Crippen LogP contribution in [0.25, 0.3) is 0 Å². The van der Waals surface area contributed by atoms with E-state index in [1.807, 2.05) is 13.0 Å². The number of alkyl halides is 1. The minimum absolute atomic E-state index is 0.0483. The molecule has 0 heterocycles. The zero-order valence-corrected chi connectivity index (χ0v) is 16.3. The topological polar surface area (TPSA) is 37.4 Å². The molecule has 0 N–H and O–H groups in total. The van der Waals surface area contributed by atoms with E-state index in [0.717, 1.165) is 16.5 Å². The second kappa shape index (κ2) is 7.44. The van der Waals surface area contributed by atoms with Gasteiger partial charge in [0.2, 0.25) is 10.0 Å². The number of hydrogen-bond acceptors (Lipinski definition) is 2. The summed E-state index contributed by atoms with van der Waals surface area (Å²) in [7, 11) is -1.88. The summed E-state index contributed by atoms with van der Waals surface area (Å²) >= 11 is 9.27. The molecule has 0 aliphatic rings. The van der Waals surface area contributed by atoms with Gasteiger partial charge in [0, 0.05) is 23.4 Å². The summed E-state index contributed by atoms with van der Waals surface area (Å²) in [5.74, 6) is 0.729. The van der Waals surface area contributed by atoms with Gasteiger partial charge in [-0.2, -0.15) is 4.31 Å². The monoisotopic (exact) mass is 395 g/mol. The van der Waals surface area contributed by atoms with Gasteiger partial charge in [0.05, 0.1) is 4.90 Å². The van der Waals surface area contributed by atoms with Crippen LogP contribution in [0.3, 0.4) is 0 Å². The maximum Gasteiger partial charge on any atom is 0.243 e. The highest BCUT2D eigenvalue weighted by Gasteiger charge is 2.28. The molecule has 1 atom stereocenters. The van der Waals surface area contributed by atoms with Crippen molar-refractivity contribution in [1.82, 2.24) is 4.31 Å². The standard InChI is InChI=1S/C15H23BrClNO2S/c1-10(2)6-11(3)18(5)21(19,20)15-8-13(9-17)7-14(16)12(15)4/h7-8,10-11H,6,9H2,1-5H3. The Labute approximate surface area is 141 Å². The third-order valence-corrected chi connectivity index (χ3v) is 6.83. The Balaban J connectivity index is 3.27. The molecule has 0 aliphatic carbocycles. The minimum Gasteiger partial charge on any atom is -0.207 e. The SMILES string of the molecule is Cc1c(Br)cc(CCl)cc1S(=O)(=O)N(C)C(C)CC(C)C. The lowest BCUT2D eigenvalue weighted by atomic mass is 10.1. The normalized spacial score (nSPS) is 14.0. The Morgan fingerprint density at radius 2 is 1.86 bits per heavy atom. The van der Waals surface area contributed by atoms with E-state index in [9.17, 15) is 8.42 Å². The molecular weight excluding hydrogens is 374 g/mol. The molecule has 0 fully saturated rings. The molecule has 0 radical (unpaired) electrons. The van der Waals surface area contributed by atoms with Crippen molar-refractivity contribution < 1.29 is 8.42 Å². The largest absolute Gasteiger partial charge is 0.243 e. The molecule has 6 heteroatoms. The molecule has 0 saturated carbocycles. The molecule has 0 aromatic heterocycles. The summed E-state index contributed by atoms with van der Waals surface area (Å²) in [6.07, 6.45) is 0.825. The van der Waals surface area contributed by atoms with Gasteiger partial charge in [-0.3, -0.25) is 0 Å². The number of hydrogen-bond donors (Lipinski definition) is 0. The van der Waals surface area contributed by atoms with E-state index in [0.29, 0.717) is 16.4 Å². The van der Waals surface area contributed by atoms with Crippen LogP contribution in [0, 0.1) is 12.8 Å². The lowest BCUT2D eigenvalue weighted by Gasteiger charge is -2.26. The summed E-state index contributed by atoms with van der Waals surface area (Å²) in [6, 6.07) is 3.48. The number of sulfonamides is 1. The van der Waals surface area contributed by atoms with Crippen molar-refractivity contribution in [2.75, 3.05) is 7.05 Å². The van der Waals surface area contributed by atoms with Crippen LogP contribution in [-0.2, 0) is 15.9 Å². The second-order valence-corrected chi connectivity index (χ2v) is 8.92. The molecular formula is C15H23BrClNO2S. The van der Waals surface area contributed by atoms with E-state index in [2.05, 4.69) is 29.8 Å². The lowest BCUT2D eigenvalue weighted by Crippen LogP contribution is -2.36. The van der Waals surface area contributed by atoms with Gasteiger partial charge in [-0.1, -0.05) is 29.8 Å². The summed E-state index contributed by atoms with van der Waals surface area (Å²) in [5.41, 5.74) is 1.50. The van der Waals surface area contributed by atoms with Crippen molar-refractivity contribution in [3.05, 3.63) is 27.7 Å². The van der Waals surface area contributed by atoms with Crippen LogP contribution in [0.15, 0.2) is 21.5 Å². The number of halogens is 2. The first-order valence-corrected chi connectivity index (χ1v) is 9.71. The molecule has 1 unspecified atom stereocenters. The van der Waals surface area contributed by atoms with Gasteiger partial charge in [0.15, 0.2) is 0 Å². The van der Waals surface area contributed by atoms with Gasteiger partial charge in [-0.15, -0.1) is 11.6 Å². The van der Waals surface area contributed by atoms with Gasteiger partial charge < -0.3 is 0 Å². The average Bonchev–Trinajstić information content (AvgIpc) is 2.39. The summed E-state index contributed by atoms with van der Waals surface area (Å²) in [4.78, 5) is 0.325. The number of nitrogens with zero attached hydrogens (tertiary/aromatic N) is 1. The molecule has 0 spiro atoms. The Bertz CT molecular complexity index is 602. The summed E-state index contributed by atoms with van der Waals surface area (Å²) < 4.78 is 27.9. The Hall–Kier alpha value is -0.100. The van der Waals surface area contributed by atoms with Gasteiger partial charge >= 0.3 is 0 Å². The zero-order chi connectivity index (χ0) is 16.4. The highest BCUT2D eigenvalue weighted by Crippen LogP contribution is 2.29. The summed E-state index contributed by atoms with van der Waals surface area (Å²) in [6.45, 7) is 7.92. The average molecular weight is 397 g/mol. The van der Waals surface area contributed by atoms with E-state index in [1.54, 1.807) is 20.0 Å². The smallest absolute Gasteiger partial charge is 0.207 e. The van der Waals surface area contributed by atoms with E-state index >= 15 is 0 Å². The van der Waals surface area contributed by atoms with Crippen molar-refractivity contribution in [3.8, 4) is 0 Å². The lowest BCUT2D eigenvalue weighted by molar-refractivity contribution is 0.337.